The van der Waals surface area contributed by atoms with E-state index in [0.717, 1.165) is 11.8 Å². The Hall–Kier alpha value is -0.370. The fourth-order valence-electron chi connectivity index (χ4n) is 0.538. The predicted molar refractivity (Wildman–Crippen MR) is 47.4 cm³/mol. The molecule has 0 N–H and O–H groups in total. The van der Waals surface area contributed by atoms with Gasteiger partial charge in [-0.1, -0.05) is 20.8 Å². The van der Waals surface area contributed by atoms with Gasteiger partial charge in [0.15, 0.2) is 5.92 Å². The van der Waals surface area contributed by atoms with Crippen molar-refractivity contribution in [2.45, 2.75) is 31.7 Å². The van der Waals surface area contributed by atoms with Crippen molar-refractivity contribution in [3.8, 4) is 6.07 Å². The Kier molecular flexibility index (Phi) is 4.11. The van der Waals surface area contributed by atoms with Gasteiger partial charge in [-0.3, -0.25) is 0 Å². The van der Waals surface area contributed by atoms with Crippen molar-refractivity contribution in [2.75, 3.05) is 5.75 Å². The summed E-state index contributed by atoms with van der Waals surface area (Å²) in [6.07, 6.45) is -4.40. The second-order valence-electron chi connectivity index (χ2n) is 3.65. The van der Waals surface area contributed by atoms with E-state index in [1.54, 1.807) is 0 Å². The second kappa shape index (κ2) is 4.23. The number of halogens is 3. The molecule has 0 spiro atoms. The summed E-state index contributed by atoms with van der Waals surface area (Å²) in [7, 11) is 0. The van der Waals surface area contributed by atoms with Crippen LogP contribution >= 0.6 is 11.8 Å². The number of rotatable bonds is 2. The van der Waals surface area contributed by atoms with Gasteiger partial charge in [-0.2, -0.15) is 30.2 Å². The molecule has 0 aromatic carbocycles. The molecule has 0 aromatic heterocycles. The lowest BCUT2D eigenvalue weighted by Gasteiger charge is -2.20. The highest BCUT2D eigenvalue weighted by molar-refractivity contribution is 8.00. The topological polar surface area (TPSA) is 23.8 Å². The lowest BCUT2D eigenvalue weighted by atomic mass is 10.2. The molecule has 1 atom stereocenters. The molecule has 0 radical (unpaired) electrons. The highest BCUT2D eigenvalue weighted by Gasteiger charge is 2.40. The minimum atomic E-state index is -4.40. The Balaban J connectivity index is 4.12. The van der Waals surface area contributed by atoms with Crippen molar-refractivity contribution in [3.63, 3.8) is 0 Å². The van der Waals surface area contributed by atoms with Gasteiger partial charge >= 0.3 is 6.18 Å². The van der Waals surface area contributed by atoms with E-state index < -0.39 is 12.1 Å². The molecule has 5 heteroatoms. The lowest BCUT2D eigenvalue weighted by Crippen LogP contribution is -2.25. The van der Waals surface area contributed by atoms with Gasteiger partial charge in [-0.25, -0.2) is 0 Å². The Morgan fingerprint density at radius 2 is 1.77 bits per heavy atom. The summed E-state index contributed by atoms with van der Waals surface area (Å²) in [6, 6.07) is 1.27. The highest BCUT2D eigenvalue weighted by Crippen LogP contribution is 2.32. The van der Waals surface area contributed by atoms with Crippen LogP contribution in [-0.4, -0.2) is 16.7 Å². The number of nitrogens with zero attached hydrogens (tertiary/aromatic N) is 1. The summed E-state index contributed by atoms with van der Waals surface area (Å²) in [5.41, 5.74) is 0. The molecule has 13 heavy (non-hydrogen) atoms. The van der Waals surface area contributed by atoms with E-state index in [2.05, 4.69) is 0 Å². The van der Waals surface area contributed by atoms with Crippen LogP contribution in [0.3, 0.4) is 0 Å². The normalized spacial score (nSPS) is 15.2. The Bertz CT molecular complexity index is 199. The van der Waals surface area contributed by atoms with Crippen LogP contribution in [0.5, 0.6) is 0 Å². The molecular formula is C8H12F3NS. The molecule has 0 bridgehead atoms. The fraction of sp³-hybridized carbons (Fsp3) is 0.875. The van der Waals surface area contributed by atoms with E-state index in [1.165, 1.54) is 6.07 Å². The van der Waals surface area contributed by atoms with Crippen molar-refractivity contribution < 1.29 is 13.2 Å². The lowest BCUT2D eigenvalue weighted by molar-refractivity contribution is -0.152. The van der Waals surface area contributed by atoms with E-state index in [-0.39, 0.29) is 10.5 Å². The van der Waals surface area contributed by atoms with E-state index in [0.29, 0.717) is 0 Å². The first-order valence-corrected chi connectivity index (χ1v) is 4.75. The first kappa shape index (κ1) is 12.6. The first-order chi connectivity index (χ1) is 5.67. The molecule has 0 saturated carbocycles. The SMILES string of the molecule is CC(C)(C)SCC(C#N)C(F)(F)F. The molecule has 0 heterocycles. The zero-order chi connectivity index (χ0) is 10.7. The third-order valence-corrected chi connectivity index (χ3v) is 2.60. The molecule has 0 aliphatic heterocycles. The minimum Gasteiger partial charge on any atom is -0.198 e. The molecule has 0 amide bonds. The largest absolute Gasteiger partial charge is 0.405 e. The first-order valence-electron chi connectivity index (χ1n) is 3.77. The maximum atomic E-state index is 12.1. The van der Waals surface area contributed by atoms with E-state index in [4.69, 9.17) is 5.26 Å². The minimum absolute atomic E-state index is 0.191. The molecule has 0 aromatic rings. The van der Waals surface area contributed by atoms with Crippen LogP contribution < -0.4 is 0 Å². The summed E-state index contributed by atoms with van der Waals surface area (Å²) >= 11 is 1.15. The number of hydrogen-bond donors (Lipinski definition) is 0. The Morgan fingerprint density at radius 1 is 1.31 bits per heavy atom. The number of hydrogen-bond acceptors (Lipinski definition) is 2. The molecular weight excluding hydrogens is 199 g/mol. The van der Waals surface area contributed by atoms with Gasteiger partial charge in [0.25, 0.3) is 0 Å². The third-order valence-electron chi connectivity index (χ3n) is 1.23. The maximum absolute atomic E-state index is 12.1. The van der Waals surface area contributed by atoms with Crippen LogP contribution in [0.15, 0.2) is 0 Å². The van der Waals surface area contributed by atoms with Crippen molar-refractivity contribution in [1.29, 1.82) is 5.26 Å². The van der Waals surface area contributed by atoms with Gasteiger partial charge in [0.1, 0.15) is 0 Å². The number of thioether (sulfide) groups is 1. The smallest absolute Gasteiger partial charge is 0.198 e. The third kappa shape index (κ3) is 5.81. The van der Waals surface area contributed by atoms with E-state index >= 15 is 0 Å². The van der Waals surface area contributed by atoms with Gasteiger partial charge in [0.2, 0.25) is 0 Å². The summed E-state index contributed by atoms with van der Waals surface area (Å²) in [6.45, 7) is 5.47. The Morgan fingerprint density at radius 3 is 2.00 bits per heavy atom. The summed E-state index contributed by atoms with van der Waals surface area (Å²) in [5.74, 6) is -2.04. The monoisotopic (exact) mass is 211 g/mol. The van der Waals surface area contributed by atoms with Crippen LogP contribution in [-0.2, 0) is 0 Å². The fourth-order valence-corrected chi connectivity index (χ4v) is 1.47. The van der Waals surface area contributed by atoms with E-state index in [1.807, 2.05) is 20.8 Å². The van der Waals surface area contributed by atoms with Crippen molar-refractivity contribution in [3.05, 3.63) is 0 Å². The van der Waals surface area contributed by atoms with Crippen molar-refractivity contribution in [2.24, 2.45) is 5.92 Å². The van der Waals surface area contributed by atoms with Gasteiger partial charge in [-0.05, 0) is 0 Å². The molecule has 0 fully saturated rings. The summed E-state index contributed by atoms with van der Waals surface area (Å²) in [5, 5.41) is 8.28. The zero-order valence-corrected chi connectivity index (χ0v) is 8.59. The number of nitriles is 1. The van der Waals surface area contributed by atoms with Crippen molar-refractivity contribution in [1.82, 2.24) is 0 Å². The quantitative estimate of drug-likeness (QED) is 0.700. The Labute approximate surface area is 80.3 Å². The van der Waals surface area contributed by atoms with Crippen LogP contribution in [0.25, 0.3) is 0 Å². The van der Waals surface area contributed by atoms with Crippen molar-refractivity contribution >= 4 is 11.8 Å². The maximum Gasteiger partial charge on any atom is 0.405 e. The van der Waals surface area contributed by atoms with Gasteiger partial charge in [0, 0.05) is 10.5 Å². The van der Waals surface area contributed by atoms with Crippen LogP contribution in [0.2, 0.25) is 0 Å². The molecule has 1 unspecified atom stereocenters. The molecule has 0 aliphatic carbocycles. The zero-order valence-electron chi connectivity index (χ0n) is 7.77. The molecule has 0 saturated heterocycles. The summed E-state index contributed by atoms with van der Waals surface area (Å²) in [4.78, 5) is 0. The van der Waals surface area contributed by atoms with Gasteiger partial charge in [0.05, 0.1) is 6.07 Å². The number of alkyl halides is 3. The average molecular weight is 211 g/mol. The van der Waals surface area contributed by atoms with Crippen LogP contribution in [0.1, 0.15) is 20.8 Å². The van der Waals surface area contributed by atoms with Crippen LogP contribution in [0.4, 0.5) is 13.2 Å². The van der Waals surface area contributed by atoms with E-state index in [9.17, 15) is 13.2 Å². The highest BCUT2D eigenvalue weighted by atomic mass is 32.2. The molecule has 0 aliphatic rings. The molecule has 1 nitrogen and oxygen atoms in total. The second-order valence-corrected chi connectivity index (χ2v) is 5.49. The van der Waals surface area contributed by atoms with Crippen LogP contribution in [0, 0.1) is 17.2 Å². The predicted octanol–water partition coefficient (Wildman–Crippen LogP) is 3.22. The standard InChI is InChI=1S/C8H12F3NS/c1-7(2,3)13-5-6(4-12)8(9,10)11/h6H,5H2,1-3H3. The average Bonchev–Trinajstić information content (AvgIpc) is 1.82. The summed E-state index contributed by atoms with van der Waals surface area (Å²) < 4.78 is 35.9. The van der Waals surface area contributed by atoms with Gasteiger partial charge < -0.3 is 0 Å². The molecule has 0 rings (SSSR count). The van der Waals surface area contributed by atoms with Gasteiger partial charge in [-0.15, -0.1) is 0 Å². The molecule has 76 valence electrons.